The lowest BCUT2D eigenvalue weighted by Gasteiger charge is -2.32. The Morgan fingerprint density at radius 2 is 1.64 bits per heavy atom. The molecule has 7 heteroatoms. The van der Waals surface area contributed by atoms with Crippen LogP contribution in [0.3, 0.4) is 0 Å². The molecule has 1 fully saturated rings. The second kappa shape index (κ2) is 12.4. The fraction of sp³-hybridized carbons (Fsp3) is 0.310. The van der Waals surface area contributed by atoms with E-state index in [0.29, 0.717) is 22.0 Å². The second-order valence-corrected chi connectivity index (χ2v) is 10.1. The molecule has 1 aliphatic carbocycles. The minimum Gasteiger partial charge on any atom is -0.352 e. The largest absolute Gasteiger partial charge is 0.352 e. The molecule has 3 aromatic carbocycles. The van der Waals surface area contributed by atoms with Crippen molar-refractivity contribution in [2.24, 2.45) is 0 Å². The monoisotopic (exact) mass is 526 g/mol. The lowest BCUT2D eigenvalue weighted by Crippen LogP contribution is -2.52. The summed E-state index contributed by atoms with van der Waals surface area (Å²) in [6, 6.07) is 20.0. The Kier molecular flexibility index (Phi) is 9.00. The van der Waals surface area contributed by atoms with E-state index in [1.165, 1.54) is 12.1 Å². The van der Waals surface area contributed by atoms with E-state index in [2.05, 4.69) is 5.32 Å². The zero-order valence-electron chi connectivity index (χ0n) is 19.9. The molecule has 0 aliphatic heterocycles. The lowest BCUT2D eigenvalue weighted by atomic mass is 10.0. The van der Waals surface area contributed by atoms with Crippen molar-refractivity contribution < 1.29 is 14.0 Å². The Morgan fingerprint density at radius 1 is 0.944 bits per heavy atom. The predicted molar refractivity (Wildman–Crippen MR) is 141 cm³/mol. The van der Waals surface area contributed by atoms with Gasteiger partial charge in [-0.25, -0.2) is 4.39 Å². The van der Waals surface area contributed by atoms with E-state index in [4.69, 9.17) is 23.2 Å². The molecule has 0 radical (unpaired) electrons. The van der Waals surface area contributed by atoms with Crippen LogP contribution in [-0.4, -0.2) is 28.8 Å². The number of hydrogen-bond donors (Lipinski definition) is 1. The summed E-state index contributed by atoms with van der Waals surface area (Å²) in [6.07, 6.45) is 4.43. The topological polar surface area (TPSA) is 49.4 Å². The third-order valence-corrected chi connectivity index (χ3v) is 7.18. The average Bonchev–Trinajstić information content (AvgIpc) is 3.38. The van der Waals surface area contributed by atoms with E-state index in [-0.39, 0.29) is 36.6 Å². The molecule has 1 aliphatic rings. The number of benzene rings is 3. The summed E-state index contributed by atoms with van der Waals surface area (Å²) in [5, 5.41) is 4.06. The van der Waals surface area contributed by atoms with Crippen LogP contribution in [0.1, 0.15) is 42.4 Å². The third kappa shape index (κ3) is 7.08. The molecule has 0 spiro atoms. The van der Waals surface area contributed by atoms with Crippen LogP contribution >= 0.6 is 23.2 Å². The average molecular weight is 527 g/mol. The van der Waals surface area contributed by atoms with Gasteiger partial charge in [-0.1, -0.05) is 84.6 Å². The van der Waals surface area contributed by atoms with Crippen molar-refractivity contribution in [3.05, 3.63) is 105 Å². The molecular weight excluding hydrogens is 498 g/mol. The fourth-order valence-electron chi connectivity index (χ4n) is 4.64. The summed E-state index contributed by atoms with van der Waals surface area (Å²) in [7, 11) is 0. The Morgan fingerprint density at radius 3 is 2.31 bits per heavy atom. The SMILES string of the molecule is O=C(NC1CCCC1)[C@@H](Cc1ccccc1)N(Cc1ccc(F)cc1)C(=O)Cc1ccc(Cl)cc1Cl. The molecular formula is C29H29Cl2FN2O2. The Labute approximate surface area is 221 Å². The van der Waals surface area contributed by atoms with Crippen molar-refractivity contribution in [2.45, 2.75) is 57.2 Å². The summed E-state index contributed by atoms with van der Waals surface area (Å²) in [5.41, 5.74) is 2.31. The number of carbonyl (C=O) groups is 2. The van der Waals surface area contributed by atoms with Gasteiger partial charge in [0.15, 0.2) is 0 Å². The Bertz CT molecular complexity index is 1180. The van der Waals surface area contributed by atoms with Crippen LogP contribution in [-0.2, 0) is 29.0 Å². The van der Waals surface area contributed by atoms with Gasteiger partial charge >= 0.3 is 0 Å². The van der Waals surface area contributed by atoms with Crippen molar-refractivity contribution in [1.82, 2.24) is 10.2 Å². The number of nitrogens with zero attached hydrogens (tertiary/aromatic N) is 1. The van der Waals surface area contributed by atoms with E-state index in [1.807, 2.05) is 30.3 Å². The highest BCUT2D eigenvalue weighted by atomic mass is 35.5. The standard InChI is InChI=1S/C29H29Cl2FN2O2/c30-23-13-12-22(26(31)18-23)17-28(35)34(19-21-10-14-24(32)15-11-21)27(16-20-6-2-1-3-7-20)29(36)33-25-8-4-5-9-25/h1-3,6-7,10-15,18,25,27H,4-5,8-9,16-17,19H2,(H,33,36)/t27-/m1/s1. The lowest BCUT2D eigenvalue weighted by molar-refractivity contribution is -0.141. The maximum absolute atomic E-state index is 13.8. The van der Waals surface area contributed by atoms with Gasteiger partial charge in [-0.2, -0.15) is 0 Å². The molecule has 2 amide bonds. The molecule has 0 saturated heterocycles. The Balaban J connectivity index is 1.66. The van der Waals surface area contributed by atoms with Gasteiger partial charge in [-0.05, 0) is 53.8 Å². The quantitative estimate of drug-likeness (QED) is 0.352. The molecule has 3 aromatic rings. The highest BCUT2D eigenvalue weighted by Gasteiger charge is 2.32. The zero-order valence-corrected chi connectivity index (χ0v) is 21.4. The second-order valence-electron chi connectivity index (χ2n) is 9.26. The molecule has 188 valence electrons. The molecule has 0 unspecified atom stereocenters. The van der Waals surface area contributed by atoms with Crippen molar-refractivity contribution in [2.75, 3.05) is 0 Å². The van der Waals surface area contributed by atoms with Gasteiger partial charge in [0.2, 0.25) is 11.8 Å². The fourth-order valence-corrected chi connectivity index (χ4v) is 5.11. The van der Waals surface area contributed by atoms with E-state index in [9.17, 15) is 14.0 Å². The van der Waals surface area contributed by atoms with Gasteiger partial charge in [0.05, 0.1) is 6.42 Å². The number of rotatable bonds is 9. The van der Waals surface area contributed by atoms with E-state index < -0.39 is 6.04 Å². The highest BCUT2D eigenvalue weighted by Crippen LogP contribution is 2.24. The summed E-state index contributed by atoms with van der Waals surface area (Å²) >= 11 is 12.4. The van der Waals surface area contributed by atoms with Crippen LogP contribution in [0.4, 0.5) is 4.39 Å². The van der Waals surface area contributed by atoms with Crippen LogP contribution in [0.5, 0.6) is 0 Å². The molecule has 1 atom stereocenters. The summed E-state index contributed by atoms with van der Waals surface area (Å²) in [4.78, 5) is 29.0. The maximum Gasteiger partial charge on any atom is 0.243 e. The molecule has 4 nitrogen and oxygen atoms in total. The molecule has 1 saturated carbocycles. The minimum absolute atomic E-state index is 0.0131. The van der Waals surface area contributed by atoms with Gasteiger partial charge in [-0.15, -0.1) is 0 Å². The number of hydrogen-bond acceptors (Lipinski definition) is 2. The molecule has 0 heterocycles. The van der Waals surface area contributed by atoms with Crippen LogP contribution in [0, 0.1) is 5.82 Å². The van der Waals surface area contributed by atoms with Gasteiger partial charge in [0.25, 0.3) is 0 Å². The molecule has 0 aromatic heterocycles. The normalized spacial score (nSPS) is 14.4. The third-order valence-electron chi connectivity index (χ3n) is 6.60. The first-order chi connectivity index (χ1) is 17.4. The first-order valence-electron chi connectivity index (χ1n) is 12.2. The summed E-state index contributed by atoms with van der Waals surface area (Å²) in [6.45, 7) is 0.167. The van der Waals surface area contributed by atoms with Crippen molar-refractivity contribution >= 4 is 35.0 Å². The van der Waals surface area contributed by atoms with Gasteiger partial charge in [-0.3, -0.25) is 9.59 Å². The molecule has 0 bridgehead atoms. The van der Waals surface area contributed by atoms with E-state index in [0.717, 1.165) is 36.8 Å². The van der Waals surface area contributed by atoms with Gasteiger partial charge in [0, 0.05) is 29.1 Å². The van der Waals surface area contributed by atoms with Crippen LogP contribution in [0.15, 0.2) is 72.8 Å². The smallest absolute Gasteiger partial charge is 0.243 e. The first-order valence-corrected chi connectivity index (χ1v) is 13.0. The highest BCUT2D eigenvalue weighted by molar-refractivity contribution is 6.35. The van der Waals surface area contributed by atoms with E-state index >= 15 is 0 Å². The van der Waals surface area contributed by atoms with Crippen LogP contribution in [0.25, 0.3) is 0 Å². The number of carbonyl (C=O) groups excluding carboxylic acids is 2. The van der Waals surface area contributed by atoms with E-state index in [1.54, 1.807) is 35.2 Å². The summed E-state index contributed by atoms with van der Waals surface area (Å²) in [5.74, 6) is -0.779. The molecule has 1 N–H and O–H groups in total. The van der Waals surface area contributed by atoms with Gasteiger partial charge < -0.3 is 10.2 Å². The van der Waals surface area contributed by atoms with Gasteiger partial charge in [0.1, 0.15) is 11.9 Å². The number of halogens is 3. The Hall–Kier alpha value is -2.89. The minimum atomic E-state index is -0.739. The molecule has 4 rings (SSSR count). The maximum atomic E-state index is 13.8. The van der Waals surface area contributed by atoms with Crippen molar-refractivity contribution in [3.8, 4) is 0 Å². The summed E-state index contributed by atoms with van der Waals surface area (Å²) < 4.78 is 13.6. The van der Waals surface area contributed by atoms with Crippen LogP contribution in [0.2, 0.25) is 10.0 Å². The number of amides is 2. The first kappa shape index (κ1) is 26.2. The number of nitrogens with one attached hydrogen (secondary N) is 1. The van der Waals surface area contributed by atoms with Crippen molar-refractivity contribution in [3.63, 3.8) is 0 Å². The zero-order chi connectivity index (χ0) is 25.5. The predicted octanol–water partition coefficient (Wildman–Crippen LogP) is 6.37. The van der Waals surface area contributed by atoms with Crippen molar-refractivity contribution in [1.29, 1.82) is 0 Å². The van der Waals surface area contributed by atoms with Crippen LogP contribution < -0.4 is 5.32 Å². The molecule has 36 heavy (non-hydrogen) atoms.